The fraction of sp³-hybridized carbons (Fsp3) is 0.188. The van der Waals surface area contributed by atoms with Gasteiger partial charge in [0.2, 0.25) is 0 Å². The van der Waals surface area contributed by atoms with Crippen molar-refractivity contribution in [1.29, 1.82) is 0 Å². The first-order valence-corrected chi connectivity index (χ1v) is 6.50. The van der Waals surface area contributed by atoms with Gasteiger partial charge in [-0.3, -0.25) is 4.79 Å². The molecule has 0 aliphatic carbocycles. The maximum Gasteiger partial charge on any atom is 0.251 e. The molecule has 2 N–H and O–H groups in total. The van der Waals surface area contributed by atoms with Gasteiger partial charge in [-0.1, -0.05) is 24.3 Å². The number of benzene rings is 2. The quantitative estimate of drug-likeness (QED) is 0.899. The van der Waals surface area contributed by atoms with Gasteiger partial charge < -0.3 is 15.4 Å². The van der Waals surface area contributed by atoms with Crippen molar-refractivity contribution in [3.8, 4) is 5.75 Å². The Morgan fingerprint density at radius 2 is 2.00 bits per heavy atom. The number of amides is 1. The van der Waals surface area contributed by atoms with Crippen LogP contribution >= 0.6 is 0 Å². The molecule has 2 aromatic rings. The van der Waals surface area contributed by atoms with Crippen LogP contribution in [0, 0.1) is 6.92 Å². The third-order valence-corrected chi connectivity index (χ3v) is 3.45. The number of methoxy groups -OCH3 is 1. The van der Waals surface area contributed by atoms with E-state index >= 15 is 0 Å². The van der Waals surface area contributed by atoms with Crippen LogP contribution in [0.1, 0.15) is 17.2 Å². The van der Waals surface area contributed by atoms with E-state index in [1.54, 1.807) is 7.11 Å². The Balaban J connectivity index is 1.96. The number of rotatable bonds is 3. The van der Waals surface area contributed by atoms with E-state index in [2.05, 4.69) is 10.6 Å². The zero-order valence-corrected chi connectivity index (χ0v) is 11.4. The van der Waals surface area contributed by atoms with E-state index in [0.717, 1.165) is 28.3 Å². The SMILES string of the molecule is COc1ccc(C)cc1NC1C(=O)Nc2ccccc21. The number of aryl methyl sites for hydroxylation is 1. The largest absolute Gasteiger partial charge is 0.495 e. The van der Waals surface area contributed by atoms with Crippen molar-refractivity contribution in [2.45, 2.75) is 13.0 Å². The van der Waals surface area contributed by atoms with Gasteiger partial charge in [0.25, 0.3) is 5.91 Å². The lowest BCUT2D eigenvalue weighted by Crippen LogP contribution is -2.20. The number of nitrogens with one attached hydrogen (secondary N) is 2. The highest BCUT2D eigenvalue weighted by Crippen LogP contribution is 2.35. The average molecular weight is 268 g/mol. The summed E-state index contributed by atoms with van der Waals surface area (Å²) >= 11 is 0. The first-order valence-electron chi connectivity index (χ1n) is 6.50. The van der Waals surface area contributed by atoms with Gasteiger partial charge in [0.1, 0.15) is 11.8 Å². The number of fused-ring (bicyclic) bond motifs is 1. The van der Waals surface area contributed by atoms with E-state index in [4.69, 9.17) is 4.74 Å². The predicted molar refractivity (Wildman–Crippen MR) is 79.2 cm³/mol. The van der Waals surface area contributed by atoms with E-state index in [-0.39, 0.29) is 11.9 Å². The first kappa shape index (κ1) is 12.5. The fourth-order valence-corrected chi connectivity index (χ4v) is 2.44. The second-order valence-corrected chi connectivity index (χ2v) is 4.86. The lowest BCUT2D eigenvalue weighted by atomic mass is 10.1. The molecule has 2 aromatic carbocycles. The van der Waals surface area contributed by atoms with Crippen LogP contribution in [0.3, 0.4) is 0 Å². The third-order valence-electron chi connectivity index (χ3n) is 3.45. The summed E-state index contributed by atoms with van der Waals surface area (Å²) < 4.78 is 5.34. The molecule has 20 heavy (non-hydrogen) atoms. The molecule has 0 saturated heterocycles. The van der Waals surface area contributed by atoms with Crippen molar-refractivity contribution < 1.29 is 9.53 Å². The van der Waals surface area contributed by atoms with Crippen LogP contribution in [0.2, 0.25) is 0 Å². The topological polar surface area (TPSA) is 50.4 Å². The van der Waals surface area contributed by atoms with Crippen molar-refractivity contribution in [1.82, 2.24) is 0 Å². The van der Waals surface area contributed by atoms with Crippen LogP contribution < -0.4 is 15.4 Å². The molecule has 1 heterocycles. The number of carbonyl (C=O) groups is 1. The standard InChI is InChI=1S/C16H16N2O2/c1-10-7-8-14(20-2)13(9-10)17-15-11-5-3-4-6-12(11)18-16(15)19/h3-9,15,17H,1-2H3,(H,18,19). The highest BCUT2D eigenvalue weighted by Gasteiger charge is 2.30. The monoisotopic (exact) mass is 268 g/mol. The summed E-state index contributed by atoms with van der Waals surface area (Å²) in [6.07, 6.45) is 0. The summed E-state index contributed by atoms with van der Waals surface area (Å²) in [5.74, 6) is 0.683. The van der Waals surface area contributed by atoms with Gasteiger partial charge in [0.15, 0.2) is 0 Å². The lowest BCUT2D eigenvalue weighted by Gasteiger charge is -2.16. The van der Waals surface area contributed by atoms with Crippen molar-refractivity contribution >= 4 is 17.3 Å². The van der Waals surface area contributed by atoms with Crippen LogP contribution in [0.15, 0.2) is 42.5 Å². The molecule has 1 unspecified atom stereocenters. The minimum atomic E-state index is -0.387. The van der Waals surface area contributed by atoms with Crippen molar-refractivity contribution in [3.05, 3.63) is 53.6 Å². The molecule has 102 valence electrons. The van der Waals surface area contributed by atoms with E-state index in [0.29, 0.717) is 0 Å². The minimum absolute atomic E-state index is 0.0465. The number of para-hydroxylation sites is 1. The zero-order chi connectivity index (χ0) is 14.1. The summed E-state index contributed by atoms with van der Waals surface area (Å²) in [7, 11) is 1.62. The molecule has 0 fully saturated rings. The molecule has 1 amide bonds. The predicted octanol–water partition coefficient (Wildman–Crippen LogP) is 3.11. The fourth-order valence-electron chi connectivity index (χ4n) is 2.44. The maximum absolute atomic E-state index is 12.1. The Kier molecular flexibility index (Phi) is 3.06. The van der Waals surface area contributed by atoms with Gasteiger partial charge in [-0.15, -0.1) is 0 Å². The van der Waals surface area contributed by atoms with Crippen molar-refractivity contribution in [2.24, 2.45) is 0 Å². The Morgan fingerprint density at radius 3 is 2.80 bits per heavy atom. The number of hydrogen-bond acceptors (Lipinski definition) is 3. The van der Waals surface area contributed by atoms with Gasteiger partial charge >= 0.3 is 0 Å². The zero-order valence-electron chi connectivity index (χ0n) is 11.4. The summed E-state index contributed by atoms with van der Waals surface area (Å²) in [6.45, 7) is 2.01. The molecule has 0 radical (unpaired) electrons. The first-order chi connectivity index (χ1) is 9.69. The second-order valence-electron chi connectivity index (χ2n) is 4.86. The van der Waals surface area contributed by atoms with Crippen LogP contribution in [0.5, 0.6) is 5.75 Å². The van der Waals surface area contributed by atoms with E-state index in [9.17, 15) is 4.79 Å². The van der Waals surface area contributed by atoms with Crippen molar-refractivity contribution in [2.75, 3.05) is 17.7 Å². The van der Waals surface area contributed by atoms with E-state index < -0.39 is 0 Å². The molecule has 1 aliphatic rings. The summed E-state index contributed by atoms with van der Waals surface area (Å²) in [6, 6.07) is 13.2. The van der Waals surface area contributed by atoms with Crippen LogP contribution in [0.4, 0.5) is 11.4 Å². The van der Waals surface area contributed by atoms with Gasteiger partial charge in [0, 0.05) is 11.3 Å². The van der Waals surface area contributed by atoms with Gasteiger partial charge in [0.05, 0.1) is 12.8 Å². The molecule has 0 aromatic heterocycles. The second kappa shape index (κ2) is 4.89. The highest BCUT2D eigenvalue weighted by molar-refractivity contribution is 6.04. The van der Waals surface area contributed by atoms with Gasteiger partial charge in [-0.25, -0.2) is 0 Å². The molecular formula is C16H16N2O2. The average Bonchev–Trinajstić information content (AvgIpc) is 2.76. The number of ether oxygens (including phenoxy) is 1. The molecule has 3 rings (SSSR count). The van der Waals surface area contributed by atoms with Crippen LogP contribution in [-0.2, 0) is 4.79 Å². The molecule has 0 spiro atoms. The number of hydrogen-bond donors (Lipinski definition) is 2. The summed E-state index contributed by atoms with van der Waals surface area (Å²) in [4.78, 5) is 12.1. The Hall–Kier alpha value is -2.49. The number of carbonyl (C=O) groups excluding carboxylic acids is 1. The lowest BCUT2D eigenvalue weighted by molar-refractivity contribution is -0.116. The molecule has 1 atom stereocenters. The Bertz CT molecular complexity index is 667. The molecule has 1 aliphatic heterocycles. The van der Waals surface area contributed by atoms with Crippen LogP contribution in [-0.4, -0.2) is 13.0 Å². The number of anilines is 2. The molecule has 0 saturated carbocycles. The summed E-state index contributed by atoms with van der Waals surface area (Å²) in [5.41, 5.74) is 3.76. The Labute approximate surface area is 117 Å². The highest BCUT2D eigenvalue weighted by atomic mass is 16.5. The normalized spacial score (nSPS) is 16.5. The van der Waals surface area contributed by atoms with Gasteiger partial charge in [-0.2, -0.15) is 0 Å². The molecule has 4 heteroatoms. The maximum atomic E-state index is 12.1. The molecular weight excluding hydrogens is 252 g/mol. The smallest absolute Gasteiger partial charge is 0.251 e. The molecule has 4 nitrogen and oxygen atoms in total. The summed E-state index contributed by atoms with van der Waals surface area (Å²) in [5, 5.41) is 6.15. The van der Waals surface area contributed by atoms with E-state index in [1.165, 1.54) is 0 Å². The molecule has 0 bridgehead atoms. The van der Waals surface area contributed by atoms with Crippen molar-refractivity contribution in [3.63, 3.8) is 0 Å². The minimum Gasteiger partial charge on any atom is -0.495 e. The van der Waals surface area contributed by atoms with Gasteiger partial charge in [-0.05, 0) is 30.7 Å². The Morgan fingerprint density at radius 1 is 1.20 bits per heavy atom. The van der Waals surface area contributed by atoms with Crippen LogP contribution in [0.25, 0.3) is 0 Å². The third kappa shape index (κ3) is 2.09. The van der Waals surface area contributed by atoms with E-state index in [1.807, 2.05) is 49.4 Å².